The lowest BCUT2D eigenvalue weighted by Crippen LogP contribution is -2.20. The quantitative estimate of drug-likeness (QED) is 0.345. The van der Waals surface area contributed by atoms with Gasteiger partial charge >= 0.3 is 0 Å². The van der Waals surface area contributed by atoms with Crippen LogP contribution in [0.25, 0.3) is 11.0 Å². The molecule has 1 N–H and O–H groups in total. The summed E-state index contributed by atoms with van der Waals surface area (Å²) in [6.45, 7) is 1.86. The summed E-state index contributed by atoms with van der Waals surface area (Å²) in [6, 6.07) is 19.6. The molecule has 0 aliphatic rings. The first-order valence-electron chi connectivity index (χ1n) is 10.0. The van der Waals surface area contributed by atoms with Crippen LogP contribution in [0.15, 0.2) is 86.7 Å². The number of carbonyl (C=O) groups is 1. The van der Waals surface area contributed by atoms with Crippen LogP contribution < -0.4 is 20.2 Å². The number of carbonyl (C=O) groups excluding carboxylic acids is 1. The highest BCUT2D eigenvalue weighted by Crippen LogP contribution is 2.29. The van der Waals surface area contributed by atoms with Crippen LogP contribution in [0.5, 0.6) is 17.2 Å². The van der Waals surface area contributed by atoms with Gasteiger partial charge in [-0.05, 0) is 58.2 Å². The van der Waals surface area contributed by atoms with Crippen molar-refractivity contribution in [3.8, 4) is 17.2 Å². The lowest BCUT2D eigenvalue weighted by Gasteiger charge is -2.11. The highest BCUT2D eigenvalue weighted by Gasteiger charge is 2.12. The molecule has 0 saturated heterocycles. The lowest BCUT2D eigenvalue weighted by atomic mass is 10.1. The summed E-state index contributed by atoms with van der Waals surface area (Å²) in [6.07, 6.45) is 2.08. The smallest absolute Gasteiger partial charge is 0.262 e. The second-order valence-electron chi connectivity index (χ2n) is 6.97. The predicted octanol–water partition coefficient (Wildman–Crippen LogP) is 5.93. The molecule has 3 aromatic carbocycles. The van der Waals surface area contributed by atoms with Gasteiger partial charge in [-0.1, -0.05) is 37.3 Å². The molecular weight excluding hydrogens is 474 g/mol. The lowest BCUT2D eigenvalue weighted by molar-refractivity contribution is -0.118. The van der Waals surface area contributed by atoms with Crippen molar-refractivity contribution < 1.29 is 18.7 Å². The van der Waals surface area contributed by atoms with Gasteiger partial charge in [-0.2, -0.15) is 0 Å². The van der Waals surface area contributed by atoms with Crippen LogP contribution in [-0.2, 0) is 11.2 Å². The van der Waals surface area contributed by atoms with Crippen LogP contribution in [0.3, 0.4) is 0 Å². The fraction of sp³-hybridized carbons (Fsp3) is 0.120. The first kappa shape index (κ1) is 21.6. The largest absolute Gasteiger partial charge is 0.484 e. The second-order valence-corrected chi connectivity index (χ2v) is 7.82. The summed E-state index contributed by atoms with van der Waals surface area (Å²) in [5, 5.41) is 3.21. The van der Waals surface area contributed by atoms with Crippen LogP contribution in [0, 0.1) is 0 Å². The maximum atomic E-state index is 12.8. The number of nitrogens with one attached hydrogen (secondary N) is 1. The van der Waals surface area contributed by atoms with Gasteiger partial charge < -0.3 is 19.2 Å². The molecule has 0 fully saturated rings. The monoisotopic (exact) mass is 493 g/mol. The molecule has 0 aliphatic heterocycles. The van der Waals surface area contributed by atoms with E-state index in [2.05, 4.69) is 21.2 Å². The van der Waals surface area contributed by atoms with Crippen molar-refractivity contribution in [3.63, 3.8) is 0 Å². The van der Waals surface area contributed by atoms with Gasteiger partial charge in [0.25, 0.3) is 5.91 Å². The average molecular weight is 494 g/mol. The Morgan fingerprint density at radius 2 is 1.81 bits per heavy atom. The molecule has 162 valence electrons. The van der Waals surface area contributed by atoms with Gasteiger partial charge in [0, 0.05) is 11.8 Å². The molecule has 7 heteroatoms. The zero-order valence-electron chi connectivity index (χ0n) is 17.3. The van der Waals surface area contributed by atoms with E-state index in [-0.39, 0.29) is 23.7 Å². The number of anilines is 1. The first-order valence-corrected chi connectivity index (χ1v) is 10.8. The van der Waals surface area contributed by atoms with E-state index in [1.807, 2.05) is 49.4 Å². The highest BCUT2D eigenvalue weighted by atomic mass is 79.9. The Bertz CT molecular complexity index is 1330. The number of ether oxygens (including phenoxy) is 2. The van der Waals surface area contributed by atoms with Crippen molar-refractivity contribution in [1.29, 1.82) is 0 Å². The minimum atomic E-state index is -0.303. The SMILES string of the molecule is CCc1ccccc1NC(=O)COc1ccc2c(=O)c(Oc3ccccc3Br)coc2c1. The normalized spacial score (nSPS) is 10.7. The van der Waals surface area contributed by atoms with Gasteiger partial charge in [0.15, 0.2) is 6.61 Å². The molecule has 4 aromatic rings. The molecule has 0 unspecified atom stereocenters. The maximum absolute atomic E-state index is 12.8. The Morgan fingerprint density at radius 3 is 2.62 bits per heavy atom. The molecule has 0 aliphatic carbocycles. The molecule has 32 heavy (non-hydrogen) atoms. The van der Waals surface area contributed by atoms with Gasteiger partial charge in [-0.3, -0.25) is 9.59 Å². The molecule has 4 rings (SSSR count). The van der Waals surface area contributed by atoms with Crippen molar-refractivity contribution in [3.05, 3.63) is 93.3 Å². The molecule has 1 heterocycles. The van der Waals surface area contributed by atoms with Crippen LogP contribution in [0.2, 0.25) is 0 Å². The van der Waals surface area contributed by atoms with Gasteiger partial charge in [-0.15, -0.1) is 0 Å². The van der Waals surface area contributed by atoms with E-state index >= 15 is 0 Å². The van der Waals surface area contributed by atoms with E-state index in [4.69, 9.17) is 13.9 Å². The molecule has 0 saturated carbocycles. The summed E-state index contributed by atoms with van der Waals surface area (Å²) in [7, 11) is 0. The summed E-state index contributed by atoms with van der Waals surface area (Å²) in [5.74, 6) is 0.727. The first-order chi connectivity index (χ1) is 15.5. The zero-order valence-corrected chi connectivity index (χ0v) is 18.8. The van der Waals surface area contributed by atoms with E-state index in [1.165, 1.54) is 6.26 Å². The predicted molar refractivity (Wildman–Crippen MR) is 127 cm³/mol. The number of para-hydroxylation sites is 2. The molecule has 0 atom stereocenters. The number of benzene rings is 3. The van der Waals surface area contributed by atoms with Crippen molar-refractivity contribution in [2.75, 3.05) is 11.9 Å². The number of halogens is 1. The van der Waals surface area contributed by atoms with Crippen molar-refractivity contribution in [2.24, 2.45) is 0 Å². The Kier molecular flexibility index (Phi) is 6.56. The van der Waals surface area contributed by atoms with Gasteiger partial charge in [0.2, 0.25) is 11.2 Å². The second kappa shape index (κ2) is 9.70. The molecule has 0 spiro atoms. The average Bonchev–Trinajstić information content (AvgIpc) is 2.81. The van der Waals surface area contributed by atoms with E-state index < -0.39 is 0 Å². The third kappa shape index (κ3) is 4.84. The Morgan fingerprint density at radius 1 is 1.03 bits per heavy atom. The number of amides is 1. The van der Waals surface area contributed by atoms with Crippen LogP contribution in [0.4, 0.5) is 5.69 Å². The molecule has 0 radical (unpaired) electrons. The van der Waals surface area contributed by atoms with E-state index in [9.17, 15) is 9.59 Å². The Balaban J connectivity index is 1.46. The third-order valence-electron chi connectivity index (χ3n) is 4.81. The van der Waals surface area contributed by atoms with Gasteiger partial charge in [0.1, 0.15) is 23.3 Å². The van der Waals surface area contributed by atoms with Crippen LogP contribution in [-0.4, -0.2) is 12.5 Å². The van der Waals surface area contributed by atoms with Crippen LogP contribution in [0.1, 0.15) is 12.5 Å². The summed E-state index contributed by atoms with van der Waals surface area (Å²) < 4.78 is 17.6. The zero-order chi connectivity index (χ0) is 22.5. The van der Waals surface area contributed by atoms with Crippen molar-refractivity contribution in [1.82, 2.24) is 0 Å². The molecule has 6 nitrogen and oxygen atoms in total. The number of fused-ring (bicyclic) bond motifs is 1. The standard InChI is InChI=1S/C25H20BrNO5/c1-2-16-7-3-5-9-20(16)27-24(28)15-30-17-11-12-18-22(13-17)31-14-23(25(18)29)32-21-10-6-4-8-19(21)26/h3-14H,2,15H2,1H3,(H,27,28). The fourth-order valence-electron chi connectivity index (χ4n) is 3.18. The summed E-state index contributed by atoms with van der Waals surface area (Å²) in [5.41, 5.74) is 1.85. The molecular formula is C25H20BrNO5. The highest BCUT2D eigenvalue weighted by molar-refractivity contribution is 9.10. The number of hydrogen-bond acceptors (Lipinski definition) is 5. The molecule has 1 aromatic heterocycles. The molecule has 0 bridgehead atoms. The number of hydrogen-bond donors (Lipinski definition) is 1. The topological polar surface area (TPSA) is 77.8 Å². The van der Waals surface area contributed by atoms with Gasteiger partial charge in [-0.25, -0.2) is 0 Å². The minimum Gasteiger partial charge on any atom is -0.484 e. The van der Waals surface area contributed by atoms with Gasteiger partial charge in [0.05, 0.1) is 9.86 Å². The van der Waals surface area contributed by atoms with E-state index in [1.54, 1.807) is 24.3 Å². The third-order valence-corrected chi connectivity index (χ3v) is 5.47. The molecule has 1 amide bonds. The number of aryl methyl sites for hydroxylation is 1. The fourth-order valence-corrected chi connectivity index (χ4v) is 3.55. The Labute approximate surface area is 192 Å². The van der Waals surface area contributed by atoms with Crippen molar-refractivity contribution in [2.45, 2.75) is 13.3 Å². The minimum absolute atomic E-state index is 0.0760. The maximum Gasteiger partial charge on any atom is 0.262 e. The summed E-state index contributed by atoms with van der Waals surface area (Å²) in [4.78, 5) is 25.1. The summed E-state index contributed by atoms with van der Waals surface area (Å²) >= 11 is 3.39. The van der Waals surface area contributed by atoms with E-state index in [0.717, 1.165) is 22.1 Å². The van der Waals surface area contributed by atoms with Crippen LogP contribution >= 0.6 is 15.9 Å². The number of rotatable bonds is 7. The van der Waals surface area contributed by atoms with E-state index in [0.29, 0.717) is 22.5 Å². The Hall–Kier alpha value is -3.58. The van der Waals surface area contributed by atoms with Crippen molar-refractivity contribution >= 4 is 38.5 Å².